The lowest BCUT2D eigenvalue weighted by atomic mass is 10.2. The van der Waals surface area contributed by atoms with E-state index in [0.717, 1.165) is 0 Å². The first kappa shape index (κ1) is 16.7. The van der Waals surface area contributed by atoms with E-state index >= 15 is 0 Å². The number of carbonyl (C=O) groups is 1. The van der Waals surface area contributed by atoms with Crippen LogP contribution in [0, 0.1) is 11.8 Å². The van der Waals surface area contributed by atoms with Crippen LogP contribution in [0.4, 0.5) is 0 Å². The molecule has 8 heteroatoms. The maximum Gasteiger partial charge on any atom is 0.327 e. The van der Waals surface area contributed by atoms with E-state index < -0.39 is 18.2 Å². The monoisotopic (exact) mass is 340 g/mol. The molecule has 1 aromatic heterocycles. The molecule has 128 valence electrons. The van der Waals surface area contributed by atoms with Crippen molar-refractivity contribution in [1.29, 1.82) is 0 Å². The van der Waals surface area contributed by atoms with Gasteiger partial charge < -0.3 is 14.4 Å². The highest BCUT2D eigenvalue weighted by atomic mass is 16.5. The molecule has 0 bridgehead atoms. The molecule has 2 heterocycles. The summed E-state index contributed by atoms with van der Waals surface area (Å²) < 4.78 is 7.11. The number of hydrazine groups is 2. The largest absolute Gasteiger partial charge is 0.480 e. The van der Waals surface area contributed by atoms with Crippen molar-refractivity contribution in [2.24, 2.45) is 7.05 Å². The standard InChI is InChI=1S/C17H16N4O4/c1-21-10-12(7-8-14(21)22)6-5-11-3-2-4-13(9-11)25-16-15(17(23)24)18-20-19-16/h2-4,7-10,15-16,18-20H,1H3,(H,23,24). The van der Waals surface area contributed by atoms with Crippen molar-refractivity contribution >= 4 is 5.97 Å². The Morgan fingerprint density at radius 3 is 2.76 bits per heavy atom. The molecule has 1 aromatic carbocycles. The number of aliphatic carboxylic acids is 1. The van der Waals surface area contributed by atoms with Crippen molar-refractivity contribution in [2.75, 3.05) is 0 Å². The molecule has 1 fully saturated rings. The van der Waals surface area contributed by atoms with Gasteiger partial charge in [0, 0.05) is 30.4 Å². The maximum atomic E-state index is 11.4. The van der Waals surface area contributed by atoms with Gasteiger partial charge in [-0.15, -0.1) is 0 Å². The fourth-order valence-corrected chi connectivity index (χ4v) is 2.24. The van der Waals surface area contributed by atoms with E-state index in [-0.39, 0.29) is 5.56 Å². The molecule has 8 nitrogen and oxygen atoms in total. The fourth-order valence-electron chi connectivity index (χ4n) is 2.24. The van der Waals surface area contributed by atoms with Crippen molar-refractivity contribution in [1.82, 2.24) is 21.0 Å². The van der Waals surface area contributed by atoms with Crippen LogP contribution < -0.4 is 26.7 Å². The van der Waals surface area contributed by atoms with Crippen LogP contribution in [0.2, 0.25) is 0 Å². The first-order chi connectivity index (χ1) is 12.0. The lowest BCUT2D eigenvalue weighted by Gasteiger charge is -2.16. The van der Waals surface area contributed by atoms with Crippen LogP contribution in [0.15, 0.2) is 47.4 Å². The maximum absolute atomic E-state index is 11.4. The summed E-state index contributed by atoms with van der Waals surface area (Å²) in [5.74, 6) is 5.42. The van der Waals surface area contributed by atoms with E-state index in [4.69, 9.17) is 9.84 Å². The van der Waals surface area contributed by atoms with Gasteiger partial charge in [0.2, 0.25) is 5.56 Å². The molecule has 2 unspecified atom stereocenters. The van der Waals surface area contributed by atoms with Crippen LogP contribution in [0.3, 0.4) is 0 Å². The number of aryl methyl sites for hydroxylation is 1. The number of ether oxygens (including phenoxy) is 1. The first-order valence-corrected chi connectivity index (χ1v) is 7.47. The van der Waals surface area contributed by atoms with Crippen LogP contribution in [-0.2, 0) is 11.8 Å². The Balaban J connectivity index is 1.76. The van der Waals surface area contributed by atoms with E-state index in [9.17, 15) is 9.59 Å². The Morgan fingerprint density at radius 1 is 1.20 bits per heavy atom. The van der Waals surface area contributed by atoms with Gasteiger partial charge in [-0.25, -0.2) is 10.9 Å². The van der Waals surface area contributed by atoms with Crippen LogP contribution in [0.1, 0.15) is 11.1 Å². The van der Waals surface area contributed by atoms with E-state index in [0.29, 0.717) is 16.9 Å². The summed E-state index contributed by atoms with van der Waals surface area (Å²) in [4.78, 5) is 22.5. The van der Waals surface area contributed by atoms with Crippen molar-refractivity contribution < 1.29 is 14.6 Å². The molecular weight excluding hydrogens is 324 g/mol. The summed E-state index contributed by atoms with van der Waals surface area (Å²) in [7, 11) is 1.66. The van der Waals surface area contributed by atoms with E-state index in [1.54, 1.807) is 37.5 Å². The lowest BCUT2D eigenvalue weighted by molar-refractivity contribution is -0.141. The SMILES string of the molecule is Cn1cc(C#Cc2cccc(OC3NNNC3C(=O)O)c2)ccc1=O. The van der Waals surface area contributed by atoms with Crippen molar-refractivity contribution in [3.05, 3.63) is 64.1 Å². The normalized spacial score (nSPS) is 19.1. The number of nitrogens with one attached hydrogen (secondary N) is 3. The molecule has 1 aliphatic heterocycles. The highest BCUT2D eigenvalue weighted by molar-refractivity contribution is 5.74. The average Bonchev–Trinajstić information content (AvgIpc) is 3.05. The molecule has 0 radical (unpaired) electrons. The summed E-state index contributed by atoms with van der Waals surface area (Å²) in [6.45, 7) is 0. The van der Waals surface area contributed by atoms with Crippen LogP contribution in [0.5, 0.6) is 5.75 Å². The summed E-state index contributed by atoms with van der Waals surface area (Å²) in [5, 5.41) is 9.10. The van der Waals surface area contributed by atoms with Crippen molar-refractivity contribution in [2.45, 2.75) is 12.3 Å². The van der Waals surface area contributed by atoms with Gasteiger partial charge in [-0.3, -0.25) is 9.59 Å². The van der Waals surface area contributed by atoms with Gasteiger partial charge in [-0.2, -0.15) is 5.53 Å². The number of hydrogen-bond donors (Lipinski definition) is 4. The van der Waals surface area contributed by atoms with E-state index in [1.807, 2.05) is 6.07 Å². The zero-order valence-electron chi connectivity index (χ0n) is 13.3. The molecule has 4 N–H and O–H groups in total. The number of hydrogen-bond acceptors (Lipinski definition) is 6. The van der Waals surface area contributed by atoms with E-state index in [2.05, 4.69) is 28.2 Å². The molecule has 0 aliphatic carbocycles. The molecule has 1 saturated heterocycles. The van der Waals surface area contributed by atoms with Crippen molar-refractivity contribution in [3.8, 4) is 17.6 Å². The molecule has 25 heavy (non-hydrogen) atoms. The van der Waals surface area contributed by atoms with Gasteiger partial charge in [0.15, 0.2) is 12.3 Å². The van der Waals surface area contributed by atoms with Crippen molar-refractivity contribution in [3.63, 3.8) is 0 Å². The Hall–Kier alpha value is -3.12. The Kier molecular flexibility index (Phi) is 4.81. The number of carboxylic acid groups (broad SMARTS) is 1. The van der Waals surface area contributed by atoms with Crippen LogP contribution >= 0.6 is 0 Å². The molecule has 2 atom stereocenters. The second-order valence-corrected chi connectivity index (χ2v) is 5.41. The number of rotatable bonds is 3. The molecule has 3 rings (SSSR count). The summed E-state index contributed by atoms with van der Waals surface area (Å²) in [5.41, 5.74) is 9.10. The minimum atomic E-state index is -1.03. The van der Waals surface area contributed by atoms with Gasteiger partial charge in [0.1, 0.15) is 5.75 Å². The Bertz CT molecular complexity index is 913. The second-order valence-electron chi connectivity index (χ2n) is 5.41. The highest BCUT2D eigenvalue weighted by Gasteiger charge is 2.34. The van der Waals surface area contributed by atoms with Gasteiger partial charge >= 0.3 is 5.97 Å². The predicted octanol–water partition coefficient (Wildman–Crippen LogP) is -0.444. The molecule has 0 amide bonds. The number of carboxylic acids is 1. The molecular formula is C17H16N4O4. The zero-order valence-corrected chi connectivity index (χ0v) is 13.3. The van der Waals surface area contributed by atoms with Gasteiger partial charge in [-0.05, 0) is 24.3 Å². The Labute approximate surface area is 143 Å². The van der Waals surface area contributed by atoms with Gasteiger partial charge in [0.25, 0.3) is 0 Å². The molecule has 2 aromatic rings. The molecule has 0 saturated carbocycles. The highest BCUT2D eigenvalue weighted by Crippen LogP contribution is 2.15. The number of aromatic nitrogens is 1. The topological polar surface area (TPSA) is 105 Å². The zero-order chi connectivity index (χ0) is 17.8. The number of pyridine rings is 1. The number of benzene rings is 1. The quantitative estimate of drug-likeness (QED) is 0.561. The Morgan fingerprint density at radius 2 is 2.00 bits per heavy atom. The molecule has 1 aliphatic rings. The summed E-state index contributed by atoms with van der Waals surface area (Å²) in [6.07, 6.45) is 0.900. The van der Waals surface area contributed by atoms with Crippen LogP contribution in [-0.4, -0.2) is 27.9 Å². The van der Waals surface area contributed by atoms with Crippen LogP contribution in [0.25, 0.3) is 0 Å². The predicted molar refractivity (Wildman–Crippen MR) is 89.4 cm³/mol. The fraction of sp³-hybridized carbons (Fsp3) is 0.176. The third-order valence-corrected chi connectivity index (χ3v) is 3.54. The van der Waals surface area contributed by atoms with E-state index in [1.165, 1.54) is 10.6 Å². The number of nitrogens with zero attached hydrogens (tertiary/aromatic N) is 1. The minimum Gasteiger partial charge on any atom is -0.480 e. The first-order valence-electron chi connectivity index (χ1n) is 7.47. The third kappa shape index (κ3) is 4.05. The summed E-state index contributed by atoms with van der Waals surface area (Å²) in [6, 6.07) is 9.22. The average molecular weight is 340 g/mol. The minimum absolute atomic E-state index is 0.0970. The third-order valence-electron chi connectivity index (χ3n) is 3.54. The second kappa shape index (κ2) is 7.19. The van der Waals surface area contributed by atoms with Gasteiger partial charge in [-0.1, -0.05) is 17.9 Å². The summed E-state index contributed by atoms with van der Waals surface area (Å²) >= 11 is 0. The molecule has 0 spiro atoms. The lowest BCUT2D eigenvalue weighted by Crippen LogP contribution is -2.44. The smallest absolute Gasteiger partial charge is 0.327 e. The van der Waals surface area contributed by atoms with Gasteiger partial charge in [0.05, 0.1) is 0 Å².